The fourth-order valence-electron chi connectivity index (χ4n) is 1.09. The summed E-state index contributed by atoms with van der Waals surface area (Å²) in [5.74, 6) is -0.617. The lowest BCUT2D eigenvalue weighted by Gasteiger charge is -2.22. The molecule has 0 fully saturated rings. The molecule has 14 heavy (non-hydrogen) atoms. The molecular weight excluding hydrogens is 255 g/mol. The molecule has 0 spiro atoms. The summed E-state index contributed by atoms with van der Waals surface area (Å²) < 4.78 is 18.2. The Bertz CT molecular complexity index is 411. The normalized spacial score (nSPS) is 19.6. The first-order valence-electron chi connectivity index (χ1n) is 3.91. The fourth-order valence-corrected chi connectivity index (χ4v) is 1.36. The quantitative estimate of drug-likeness (QED) is 0.723. The predicted octanol–water partition coefficient (Wildman–Crippen LogP) is 1.70. The van der Waals surface area contributed by atoms with Crippen molar-refractivity contribution in [1.29, 1.82) is 0 Å². The molecule has 0 bridgehead atoms. The SMILES string of the molecule is C[C@H]1Oc2nc(Br)c(F)cc2NC1=O. The Kier molecular flexibility index (Phi) is 2.14. The van der Waals surface area contributed by atoms with E-state index in [1.54, 1.807) is 6.92 Å². The number of pyridine rings is 1. The summed E-state index contributed by atoms with van der Waals surface area (Å²) in [6, 6.07) is 1.16. The van der Waals surface area contributed by atoms with E-state index in [1.807, 2.05) is 0 Å². The van der Waals surface area contributed by atoms with Gasteiger partial charge >= 0.3 is 0 Å². The van der Waals surface area contributed by atoms with Gasteiger partial charge in [0.1, 0.15) is 10.3 Å². The number of aromatic nitrogens is 1. The van der Waals surface area contributed by atoms with Gasteiger partial charge < -0.3 is 10.1 Å². The van der Waals surface area contributed by atoms with Gasteiger partial charge in [-0.15, -0.1) is 0 Å². The number of rotatable bonds is 0. The molecule has 1 aromatic rings. The zero-order chi connectivity index (χ0) is 10.3. The van der Waals surface area contributed by atoms with Crippen molar-refractivity contribution in [2.45, 2.75) is 13.0 Å². The van der Waals surface area contributed by atoms with Gasteiger partial charge in [-0.05, 0) is 22.9 Å². The van der Waals surface area contributed by atoms with Gasteiger partial charge in [0, 0.05) is 6.07 Å². The zero-order valence-electron chi connectivity index (χ0n) is 7.17. The third-order valence-corrected chi connectivity index (χ3v) is 2.37. The maximum Gasteiger partial charge on any atom is 0.265 e. The number of hydrogen-bond donors (Lipinski definition) is 1. The van der Waals surface area contributed by atoms with E-state index in [9.17, 15) is 9.18 Å². The topological polar surface area (TPSA) is 51.2 Å². The van der Waals surface area contributed by atoms with Gasteiger partial charge in [0.05, 0.1) is 0 Å². The van der Waals surface area contributed by atoms with Crippen LogP contribution in [0.15, 0.2) is 10.7 Å². The molecule has 1 aromatic heterocycles. The maximum absolute atomic E-state index is 13.0. The highest BCUT2D eigenvalue weighted by atomic mass is 79.9. The van der Waals surface area contributed by atoms with Crippen molar-refractivity contribution in [3.8, 4) is 5.88 Å². The van der Waals surface area contributed by atoms with Gasteiger partial charge in [-0.3, -0.25) is 4.79 Å². The second-order valence-electron chi connectivity index (χ2n) is 2.86. The van der Waals surface area contributed by atoms with Gasteiger partial charge in [0.25, 0.3) is 5.91 Å². The van der Waals surface area contributed by atoms with E-state index in [0.717, 1.165) is 6.07 Å². The largest absolute Gasteiger partial charge is 0.463 e. The molecule has 0 radical (unpaired) electrons. The van der Waals surface area contributed by atoms with Crippen molar-refractivity contribution < 1.29 is 13.9 Å². The van der Waals surface area contributed by atoms with Gasteiger partial charge in [0.2, 0.25) is 5.88 Å². The smallest absolute Gasteiger partial charge is 0.265 e. The van der Waals surface area contributed by atoms with E-state index in [2.05, 4.69) is 26.2 Å². The Morgan fingerprint density at radius 1 is 1.71 bits per heavy atom. The van der Waals surface area contributed by atoms with Crippen LogP contribution in [-0.4, -0.2) is 17.0 Å². The number of amides is 1. The number of nitrogens with one attached hydrogen (secondary N) is 1. The van der Waals surface area contributed by atoms with Crippen molar-refractivity contribution in [3.63, 3.8) is 0 Å². The number of fused-ring (bicyclic) bond motifs is 1. The molecule has 74 valence electrons. The van der Waals surface area contributed by atoms with E-state index in [4.69, 9.17) is 4.74 Å². The summed E-state index contributed by atoms with van der Waals surface area (Å²) in [5, 5.41) is 2.49. The zero-order valence-corrected chi connectivity index (χ0v) is 8.76. The maximum atomic E-state index is 13.0. The minimum Gasteiger partial charge on any atom is -0.463 e. The molecule has 0 aromatic carbocycles. The summed E-state index contributed by atoms with van der Waals surface area (Å²) in [5.41, 5.74) is 0.258. The number of hydrogen-bond acceptors (Lipinski definition) is 3. The fraction of sp³-hybridized carbons (Fsp3) is 0.250. The molecule has 1 amide bonds. The van der Waals surface area contributed by atoms with Crippen LogP contribution >= 0.6 is 15.9 Å². The molecule has 0 saturated heterocycles. The Labute approximate surface area is 87.6 Å². The van der Waals surface area contributed by atoms with Gasteiger partial charge in [0.15, 0.2) is 11.9 Å². The average molecular weight is 261 g/mol. The first-order valence-corrected chi connectivity index (χ1v) is 4.71. The first-order chi connectivity index (χ1) is 6.58. The van der Waals surface area contributed by atoms with E-state index >= 15 is 0 Å². The van der Waals surface area contributed by atoms with Crippen molar-refractivity contribution in [3.05, 3.63) is 16.5 Å². The highest BCUT2D eigenvalue weighted by molar-refractivity contribution is 9.10. The summed E-state index contributed by atoms with van der Waals surface area (Å²) >= 11 is 2.93. The van der Waals surface area contributed by atoms with Gasteiger partial charge in [-0.2, -0.15) is 0 Å². The van der Waals surface area contributed by atoms with Crippen LogP contribution in [0, 0.1) is 5.82 Å². The number of nitrogens with zero attached hydrogens (tertiary/aromatic N) is 1. The molecular formula is C8H6BrFN2O2. The molecule has 1 atom stereocenters. The van der Waals surface area contributed by atoms with Crippen molar-refractivity contribution >= 4 is 27.5 Å². The Balaban J connectivity index is 2.47. The summed E-state index contributed by atoms with van der Waals surface area (Å²) in [7, 11) is 0. The average Bonchev–Trinajstić information content (AvgIpc) is 2.11. The van der Waals surface area contributed by atoms with Crippen LogP contribution in [0.4, 0.5) is 10.1 Å². The first kappa shape index (κ1) is 9.39. The molecule has 1 aliphatic heterocycles. The van der Waals surface area contributed by atoms with Gasteiger partial charge in [-0.1, -0.05) is 0 Å². The summed E-state index contributed by atoms with van der Waals surface area (Å²) in [6.07, 6.45) is -0.604. The van der Waals surface area contributed by atoms with E-state index in [1.165, 1.54) is 0 Å². The van der Waals surface area contributed by atoms with Crippen molar-refractivity contribution in [1.82, 2.24) is 4.98 Å². The predicted molar refractivity (Wildman–Crippen MR) is 50.6 cm³/mol. The lowest BCUT2D eigenvalue weighted by atomic mass is 10.3. The second-order valence-corrected chi connectivity index (χ2v) is 3.61. The van der Waals surface area contributed by atoms with Gasteiger partial charge in [-0.25, -0.2) is 9.37 Å². The van der Waals surface area contributed by atoms with Crippen LogP contribution in [0.5, 0.6) is 5.88 Å². The summed E-state index contributed by atoms with van der Waals surface area (Å²) in [6.45, 7) is 1.59. The van der Waals surface area contributed by atoms with Crippen LogP contribution in [0.25, 0.3) is 0 Å². The second kappa shape index (κ2) is 3.20. The standard InChI is InChI=1S/C8H6BrFN2O2/c1-3-7(13)11-5-2-4(10)6(9)12-8(5)14-3/h2-3H,1H3,(H,11,13)/t3-/m1/s1. The van der Waals surface area contributed by atoms with Crippen molar-refractivity contribution in [2.75, 3.05) is 5.32 Å². The lowest BCUT2D eigenvalue weighted by Crippen LogP contribution is -2.34. The number of carbonyl (C=O) groups is 1. The molecule has 1 aliphatic rings. The summed E-state index contributed by atoms with van der Waals surface area (Å²) in [4.78, 5) is 15.0. The molecule has 2 rings (SSSR count). The Morgan fingerprint density at radius 3 is 3.14 bits per heavy atom. The van der Waals surface area contributed by atoms with Crippen LogP contribution in [0.3, 0.4) is 0 Å². The number of anilines is 1. The minimum absolute atomic E-state index is 0.0691. The highest BCUT2D eigenvalue weighted by Gasteiger charge is 2.25. The van der Waals surface area contributed by atoms with E-state index in [-0.39, 0.29) is 22.1 Å². The Morgan fingerprint density at radius 2 is 2.43 bits per heavy atom. The molecule has 0 aliphatic carbocycles. The minimum atomic E-state index is -0.604. The number of ether oxygens (including phenoxy) is 1. The molecule has 0 unspecified atom stereocenters. The van der Waals surface area contributed by atoms with Crippen LogP contribution < -0.4 is 10.1 Å². The monoisotopic (exact) mass is 260 g/mol. The third kappa shape index (κ3) is 1.45. The van der Waals surface area contributed by atoms with E-state index < -0.39 is 11.9 Å². The van der Waals surface area contributed by atoms with Crippen molar-refractivity contribution in [2.24, 2.45) is 0 Å². The van der Waals surface area contributed by atoms with Crippen LogP contribution in [-0.2, 0) is 4.79 Å². The van der Waals surface area contributed by atoms with Crippen LogP contribution in [0.2, 0.25) is 0 Å². The van der Waals surface area contributed by atoms with E-state index in [0.29, 0.717) is 0 Å². The lowest BCUT2D eigenvalue weighted by molar-refractivity contribution is -0.122. The number of halogens is 2. The molecule has 6 heteroatoms. The highest BCUT2D eigenvalue weighted by Crippen LogP contribution is 2.30. The van der Waals surface area contributed by atoms with Crippen LogP contribution in [0.1, 0.15) is 6.92 Å². The molecule has 4 nitrogen and oxygen atoms in total. The third-order valence-electron chi connectivity index (χ3n) is 1.81. The molecule has 2 heterocycles. The Hall–Kier alpha value is -1.17. The molecule has 0 saturated carbocycles. The number of carbonyl (C=O) groups excluding carboxylic acids is 1. The molecule has 1 N–H and O–H groups in total.